The molecule has 0 heterocycles. The van der Waals surface area contributed by atoms with Gasteiger partial charge in [0.1, 0.15) is 0 Å². The molecular formula is C8H17ClS. The van der Waals surface area contributed by atoms with E-state index in [0.717, 1.165) is 5.25 Å². The van der Waals surface area contributed by atoms with Crippen molar-refractivity contribution in [2.75, 3.05) is 12.5 Å². The first-order valence-corrected chi connectivity index (χ1v) is 7.36. The Bertz CT molecular complexity index is 100. The Balaban J connectivity index is 2.39. The zero-order valence-corrected chi connectivity index (χ0v) is 8.47. The van der Waals surface area contributed by atoms with Crippen LogP contribution >= 0.6 is 19.9 Å². The van der Waals surface area contributed by atoms with Crippen molar-refractivity contribution in [2.45, 2.75) is 37.4 Å². The first kappa shape index (κ1) is 8.73. The molecule has 1 aliphatic rings. The van der Waals surface area contributed by atoms with Gasteiger partial charge in [-0.2, -0.15) is 9.24 Å². The van der Waals surface area contributed by atoms with Crippen molar-refractivity contribution in [1.82, 2.24) is 0 Å². The summed E-state index contributed by atoms with van der Waals surface area (Å²) in [5.41, 5.74) is 0. The lowest BCUT2D eigenvalue weighted by Crippen LogP contribution is -2.15. The summed E-state index contributed by atoms with van der Waals surface area (Å²) in [6, 6.07) is 0. The van der Waals surface area contributed by atoms with Crippen molar-refractivity contribution in [1.29, 1.82) is 0 Å². The lowest BCUT2D eigenvalue weighted by Gasteiger charge is -2.35. The van der Waals surface area contributed by atoms with E-state index in [9.17, 15) is 0 Å². The van der Waals surface area contributed by atoms with Gasteiger partial charge in [0.15, 0.2) is 0 Å². The minimum atomic E-state index is -0.754. The molecule has 1 saturated carbocycles. The summed E-state index contributed by atoms with van der Waals surface area (Å²) in [5, 5.41) is 0.850. The molecule has 0 aliphatic heterocycles. The van der Waals surface area contributed by atoms with Gasteiger partial charge in [-0.1, -0.05) is 29.9 Å². The molecule has 0 aromatic heterocycles. The Morgan fingerprint density at radius 2 is 1.60 bits per heavy atom. The normalized spacial score (nSPS) is 24.7. The summed E-state index contributed by atoms with van der Waals surface area (Å²) in [6.45, 7) is 0. The number of hydrogen-bond donors (Lipinski definition) is 0. The molecule has 0 saturated heterocycles. The molecule has 0 aromatic rings. The quantitative estimate of drug-likeness (QED) is 0.579. The third-order valence-corrected chi connectivity index (χ3v) is 5.16. The summed E-state index contributed by atoms with van der Waals surface area (Å²) >= 11 is 0. The second-order valence-corrected chi connectivity index (χ2v) is 9.14. The zero-order valence-electron chi connectivity index (χ0n) is 6.90. The van der Waals surface area contributed by atoms with Gasteiger partial charge in [0.2, 0.25) is 0 Å². The molecule has 0 radical (unpaired) electrons. The van der Waals surface area contributed by atoms with Crippen molar-refractivity contribution in [3.05, 3.63) is 0 Å². The molecular weight excluding hydrogens is 164 g/mol. The highest BCUT2D eigenvalue weighted by Crippen LogP contribution is 2.54. The number of hydrogen-bond acceptors (Lipinski definition) is 0. The minimum absolute atomic E-state index is 0.754. The van der Waals surface area contributed by atoms with Gasteiger partial charge < -0.3 is 0 Å². The molecule has 0 atom stereocenters. The van der Waals surface area contributed by atoms with Gasteiger partial charge in [0.05, 0.1) is 0 Å². The van der Waals surface area contributed by atoms with E-state index in [-0.39, 0.29) is 0 Å². The van der Waals surface area contributed by atoms with Crippen molar-refractivity contribution < 1.29 is 0 Å². The topological polar surface area (TPSA) is 0 Å². The largest absolute Gasteiger partial charge is 0.166 e. The van der Waals surface area contributed by atoms with Crippen LogP contribution in [0, 0.1) is 0 Å². The summed E-state index contributed by atoms with van der Waals surface area (Å²) < 4.78 is 0. The van der Waals surface area contributed by atoms with E-state index >= 15 is 0 Å². The summed E-state index contributed by atoms with van der Waals surface area (Å²) in [7, 11) is 5.54. The monoisotopic (exact) mass is 180 g/mol. The van der Waals surface area contributed by atoms with Gasteiger partial charge in [-0.3, -0.25) is 0 Å². The molecule has 0 amide bonds. The van der Waals surface area contributed by atoms with E-state index in [0.29, 0.717) is 0 Å². The van der Waals surface area contributed by atoms with Gasteiger partial charge in [0, 0.05) is 5.25 Å². The van der Waals surface area contributed by atoms with Crippen LogP contribution in [0.25, 0.3) is 0 Å². The van der Waals surface area contributed by atoms with E-state index in [1.54, 1.807) is 0 Å². The van der Waals surface area contributed by atoms with Gasteiger partial charge in [0.25, 0.3) is 0 Å². The molecule has 0 bridgehead atoms. The average Bonchev–Trinajstić information content (AvgIpc) is 1.88. The number of halogens is 1. The minimum Gasteiger partial charge on any atom is -0.166 e. The fourth-order valence-electron chi connectivity index (χ4n) is 1.63. The van der Waals surface area contributed by atoms with E-state index < -0.39 is 9.24 Å². The van der Waals surface area contributed by atoms with Gasteiger partial charge in [-0.25, -0.2) is 0 Å². The fraction of sp³-hybridized carbons (Fsp3) is 1.00. The second kappa shape index (κ2) is 3.36. The molecule has 0 unspecified atom stereocenters. The summed E-state index contributed by atoms with van der Waals surface area (Å²) in [5.74, 6) is 0. The van der Waals surface area contributed by atoms with Crippen LogP contribution in [0.1, 0.15) is 32.1 Å². The third kappa shape index (κ3) is 2.35. The summed E-state index contributed by atoms with van der Waals surface area (Å²) in [6.07, 6.45) is 11.5. The van der Waals surface area contributed by atoms with E-state index in [2.05, 4.69) is 12.5 Å². The lowest BCUT2D eigenvalue weighted by molar-refractivity contribution is 0.514. The molecule has 62 valence electrons. The standard InChI is InChI=1S/C8H17ClS/c1-10(2,9)8-6-4-3-5-7-8/h8H,3-7H2,1-2H3. The Hall–Kier alpha value is 0.640. The highest BCUT2D eigenvalue weighted by atomic mass is 35.7. The SMILES string of the molecule is CS(C)(Cl)C1CCCCC1. The molecule has 1 fully saturated rings. The Kier molecular flexibility index (Phi) is 2.93. The molecule has 0 aromatic carbocycles. The van der Waals surface area contributed by atoms with Crippen LogP contribution < -0.4 is 0 Å². The highest BCUT2D eigenvalue weighted by Gasteiger charge is 2.23. The third-order valence-electron chi connectivity index (χ3n) is 2.34. The highest BCUT2D eigenvalue weighted by molar-refractivity contribution is 8.50. The maximum atomic E-state index is 6.30. The average molecular weight is 181 g/mol. The first-order valence-electron chi connectivity index (χ1n) is 4.02. The van der Waals surface area contributed by atoms with Crippen molar-refractivity contribution in [2.24, 2.45) is 0 Å². The summed E-state index contributed by atoms with van der Waals surface area (Å²) in [4.78, 5) is 0. The molecule has 0 spiro atoms. The van der Waals surface area contributed by atoms with Crippen molar-refractivity contribution in [3.8, 4) is 0 Å². The van der Waals surface area contributed by atoms with Gasteiger partial charge in [-0.05, 0) is 25.4 Å². The second-order valence-electron chi connectivity index (χ2n) is 3.54. The maximum absolute atomic E-state index is 6.30. The van der Waals surface area contributed by atoms with Crippen LogP contribution in [0.15, 0.2) is 0 Å². The van der Waals surface area contributed by atoms with Gasteiger partial charge in [-0.15, -0.1) is 0 Å². The first-order chi connectivity index (χ1) is 4.61. The Morgan fingerprint density at radius 3 is 1.90 bits per heavy atom. The Labute approximate surface area is 70.2 Å². The van der Waals surface area contributed by atoms with Crippen LogP contribution in [0.4, 0.5) is 0 Å². The molecule has 10 heavy (non-hydrogen) atoms. The number of rotatable bonds is 1. The zero-order chi connectivity index (χ0) is 7.61. The molecule has 2 heteroatoms. The smallest absolute Gasteiger partial charge is 0.000887 e. The molecule has 0 N–H and O–H groups in total. The Morgan fingerprint density at radius 1 is 1.10 bits per heavy atom. The van der Waals surface area contributed by atoms with E-state index in [4.69, 9.17) is 10.7 Å². The molecule has 1 rings (SSSR count). The van der Waals surface area contributed by atoms with Crippen molar-refractivity contribution in [3.63, 3.8) is 0 Å². The van der Waals surface area contributed by atoms with Crippen LogP contribution in [0.3, 0.4) is 0 Å². The van der Waals surface area contributed by atoms with Crippen molar-refractivity contribution >= 4 is 19.9 Å². The fourth-order valence-corrected chi connectivity index (χ4v) is 3.61. The molecule has 1 aliphatic carbocycles. The predicted octanol–water partition coefficient (Wildman–Crippen LogP) is 3.54. The van der Waals surface area contributed by atoms with E-state index in [1.807, 2.05) is 0 Å². The van der Waals surface area contributed by atoms with Gasteiger partial charge >= 0.3 is 0 Å². The molecule has 0 nitrogen and oxygen atoms in total. The van der Waals surface area contributed by atoms with E-state index in [1.165, 1.54) is 32.1 Å². The lowest BCUT2D eigenvalue weighted by atomic mass is 10.0. The van der Waals surface area contributed by atoms with Crippen LogP contribution in [-0.2, 0) is 0 Å². The van der Waals surface area contributed by atoms with Crippen LogP contribution in [0.2, 0.25) is 0 Å². The van der Waals surface area contributed by atoms with Crippen LogP contribution in [0.5, 0.6) is 0 Å². The maximum Gasteiger partial charge on any atom is 0.000887 e. The van der Waals surface area contributed by atoms with Crippen LogP contribution in [-0.4, -0.2) is 17.8 Å². The predicted molar refractivity (Wildman–Crippen MR) is 52.2 cm³/mol.